The molecular weight excluding hydrogens is 493 g/mol. The van der Waals surface area contributed by atoms with Crippen molar-refractivity contribution >= 4 is 40.3 Å². The Bertz CT molecular complexity index is 807. The maximum absolute atomic E-state index is 11.7. The third-order valence-electron chi connectivity index (χ3n) is 4.59. The van der Waals surface area contributed by atoms with Gasteiger partial charge in [0.1, 0.15) is 18.5 Å². The van der Waals surface area contributed by atoms with Crippen molar-refractivity contribution in [1.29, 1.82) is 0 Å². The van der Waals surface area contributed by atoms with Crippen LogP contribution >= 0.6 is 34.2 Å². The average Bonchev–Trinajstić information content (AvgIpc) is 2.60. The van der Waals surface area contributed by atoms with Crippen molar-refractivity contribution in [2.45, 2.75) is 38.9 Å². The van der Waals surface area contributed by atoms with Crippen molar-refractivity contribution in [3.05, 3.63) is 62.7 Å². The lowest BCUT2D eigenvalue weighted by atomic mass is 9.69. The molecule has 0 radical (unpaired) electrons. The lowest BCUT2D eigenvalue weighted by Gasteiger charge is -2.42. The number of primary amides is 1. The van der Waals surface area contributed by atoms with Gasteiger partial charge >= 0.3 is 6.09 Å². The number of carbonyl (C=O) groups excluding carboxylic acids is 1. The number of ether oxygens (including phenoxy) is 2. The first-order valence-electron chi connectivity index (χ1n) is 8.84. The summed E-state index contributed by atoms with van der Waals surface area (Å²) in [5.41, 5.74) is 3.98. The Morgan fingerprint density at radius 3 is 2.39 bits per heavy atom. The SMILES string of the molecule is CC(C)(C)[C@](O)(CC(COC(N)=O)Oc1ccc(I)cc1)c1cccc(Cl)c1. The standard InChI is InChI=1S/C21H25ClINO4/c1-20(2,3)21(26,14-5-4-6-15(22)11-14)12-18(13-27-19(24)25)28-17-9-7-16(23)8-10-17/h4-11,18,26H,12-13H2,1-3H3,(H2,24,25)/t18?,21-/m0/s1. The third-order valence-corrected chi connectivity index (χ3v) is 5.55. The van der Waals surface area contributed by atoms with Crippen LogP contribution in [0.15, 0.2) is 48.5 Å². The summed E-state index contributed by atoms with van der Waals surface area (Å²) in [6, 6.07) is 14.6. The van der Waals surface area contributed by atoms with E-state index in [0.29, 0.717) is 16.3 Å². The molecule has 152 valence electrons. The van der Waals surface area contributed by atoms with Crippen LogP contribution in [0.2, 0.25) is 5.02 Å². The van der Waals surface area contributed by atoms with Gasteiger partial charge in [-0.15, -0.1) is 0 Å². The van der Waals surface area contributed by atoms with Gasteiger partial charge in [-0.3, -0.25) is 0 Å². The fraction of sp³-hybridized carbons (Fsp3) is 0.381. The molecule has 0 aliphatic heterocycles. The zero-order valence-corrected chi connectivity index (χ0v) is 19.0. The van der Waals surface area contributed by atoms with Gasteiger partial charge < -0.3 is 20.3 Å². The molecule has 7 heteroatoms. The predicted octanol–water partition coefficient (Wildman–Crippen LogP) is 5.11. The van der Waals surface area contributed by atoms with Gasteiger partial charge in [0.25, 0.3) is 0 Å². The smallest absolute Gasteiger partial charge is 0.404 e. The van der Waals surface area contributed by atoms with Crippen molar-refractivity contribution in [3.8, 4) is 5.75 Å². The zero-order valence-electron chi connectivity index (χ0n) is 16.1. The maximum atomic E-state index is 11.7. The van der Waals surface area contributed by atoms with E-state index in [0.717, 1.165) is 3.57 Å². The van der Waals surface area contributed by atoms with Crippen molar-refractivity contribution in [3.63, 3.8) is 0 Å². The molecule has 3 N–H and O–H groups in total. The summed E-state index contributed by atoms with van der Waals surface area (Å²) in [5.74, 6) is 0.612. The van der Waals surface area contributed by atoms with Crippen LogP contribution in [0, 0.1) is 8.99 Å². The van der Waals surface area contributed by atoms with Gasteiger partial charge in [0.05, 0.1) is 5.60 Å². The van der Waals surface area contributed by atoms with Crippen molar-refractivity contribution in [2.24, 2.45) is 11.1 Å². The molecule has 1 unspecified atom stereocenters. The summed E-state index contributed by atoms with van der Waals surface area (Å²) < 4.78 is 12.1. The van der Waals surface area contributed by atoms with E-state index in [1.165, 1.54) is 0 Å². The van der Waals surface area contributed by atoms with Gasteiger partial charge in [-0.05, 0) is 70.0 Å². The molecule has 1 amide bonds. The summed E-state index contributed by atoms with van der Waals surface area (Å²) >= 11 is 8.36. The van der Waals surface area contributed by atoms with Crippen LogP contribution in [0.1, 0.15) is 32.8 Å². The highest BCUT2D eigenvalue weighted by atomic mass is 127. The Hall–Kier alpha value is -1.51. The molecule has 0 aliphatic carbocycles. The van der Waals surface area contributed by atoms with E-state index in [2.05, 4.69) is 22.6 Å². The minimum atomic E-state index is -1.28. The lowest BCUT2D eigenvalue weighted by Crippen LogP contribution is -2.45. The lowest BCUT2D eigenvalue weighted by molar-refractivity contribution is -0.0979. The number of benzene rings is 2. The summed E-state index contributed by atoms with van der Waals surface area (Å²) in [7, 11) is 0. The molecular formula is C21H25ClINO4. The number of aliphatic hydroxyl groups is 1. The molecule has 0 heterocycles. The van der Waals surface area contributed by atoms with Gasteiger partial charge in [-0.2, -0.15) is 0 Å². The second-order valence-corrected chi connectivity index (χ2v) is 9.33. The molecule has 0 saturated heterocycles. The second-order valence-electron chi connectivity index (χ2n) is 7.65. The largest absolute Gasteiger partial charge is 0.487 e. The van der Waals surface area contributed by atoms with Crippen molar-refractivity contribution in [2.75, 3.05) is 6.61 Å². The second kappa shape index (κ2) is 9.33. The summed E-state index contributed by atoms with van der Waals surface area (Å²) in [5, 5.41) is 12.2. The molecule has 28 heavy (non-hydrogen) atoms. The Labute approximate surface area is 184 Å². The molecule has 0 bridgehead atoms. The van der Waals surface area contributed by atoms with Crippen LogP contribution in [0.25, 0.3) is 0 Å². The summed E-state index contributed by atoms with van der Waals surface area (Å²) in [4.78, 5) is 11.1. The fourth-order valence-electron chi connectivity index (χ4n) is 2.95. The highest BCUT2D eigenvalue weighted by Gasteiger charge is 2.44. The van der Waals surface area contributed by atoms with Crippen LogP contribution < -0.4 is 10.5 Å². The predicted molar refractivity (Wildman–Crippen MR) is 119 cm³/mol. The van der Waals surface area contributed by atoms with E-state index in [1.54, 1.807) is 18.2 Å². The van der Waals surface area contributed by atoms with E-state index in [9.17, 15) is 9.90 Å². The van der Waals surface area contributed by atoms with Crippen LogP contribution in [0.5, 0.6) is 5.75 Å². The molecule has 0 aromatic heterocycles. The Morgan fingerprint density at radius 2 is 1.86 bits per heavy atom. The van der Waals surface area contributed by atoms with E-state index in [1.807, 2.05) is 51.1 Å². The first kappa shape index (κ1) is 22.8. The van der Waals surface area contributed by atoms with E-state index in [4.69, 9.17) is 26.8 Å². The number of nitrogens with two attached hydrogens (primary N) is 1. The van der Waals surface area contributed by atoms with Crippen LogP contribution in [0.4, 0.5) is 4.79 Å². The number of rotatable bonds is 7. The number of hydrogen-bond acceptors (Lipinski definition) is 4. The molecule has 0 aliphatic rings. The molecule has 2 atom stereocenters. The number of hydrogen-bond donors (Lipinski definition) is 2. The van der Waals surface area contributed by atoms with E-state index < -0.39 is 23.2 Å². The van der Waals surface area contributed by atoms with Crippen LogP contribution in [-0.2, 0) is 10.3 Å². The molecule has 2 aromatic rings. The molecule has 5 nitrogen and oxygen atoms in total. The maximum Gasteiger partial charge on any atom is 0.404 e. The van der Waals surface area contributed by atoms with Gasteiger partial charge in [0, 0.05) is 15.0 Å². The Kier molecular flexibility index (Phi) is 7.59. The highest BCUT2D eigenvalue weighted by molar-refractivity contribution is 14.1. The van der Waals surface area contributed by atoms with Crippen molar-refractivity contribution in [1.82, 2.24) is 0 Å². The normalized spacial score (nSPS) is 14.8. The third kappa shape index (κ3) is 5.99. The fourth-order valence-corrected chi connectivity index (χ4v) is 3.50. The molecule has 2 rings (SSSR count). The van der Waals surface area contributed by atoms with Gasteiger partial charge in [-0.25, -0.2) is 4.79 Å². The first-order chi connectivity index (χ1) is 13.0. The topological polar surface area (TPSA) is 81.8 Å². The average molecular weight is 518 g/mol. The number of carbonyl (C=O) groups is 1. The first-order valence-corrected chi connectivity index (χ1v) is 10.3. The minimum Gasteiger partial charge on any atom is -0.487 e. The summed E-state index contributed by atoms with van der Waals surface area (Å²) in [6.07, 6.45) is -1.33. The zero-order chi connectivity index (χ0) is 20.9. The minimum absolute atomic E-state index is 0.0831. The van der Waals surface area contributed by atoms with Gasteiger partial charge in [-0.1, -0.05) is 44.5 Å². The molecule has 0 saturated carbocycles. The van der Waals surface area contributed by atoms with Crippen LogP contribution in [-0.4, -0.2) is 23.9 Å². The van der Waals surface area contributed by atoms with Crippen molar-refractivity contribution < 1.29 is 19.4 Å². The highest BCUT2D eigenvalue weighted by Crippen LogP contribution is 2.44. The molecule has 0 spiro atoms. The van der Waals surface area contributed by atoms with Gasteiger partial charge in [0.2, 0.25) is 0 Å². The van der Waals surface area contributed by atoms with E-state index in [-0.39, 0.29) is 13.0 Å². The summed E-state index contributed by atoms with van der Waals surface area (Å²) in [6.45, 7) is 5.72. The monoisotopic (exact) mass is 517 g/mol. The number of halogens is 2. The molecule has 0 fully saturated rings. The van der Waals surface area contributed by atoms with Gasteiger partial charge in [0.15, 0.2) is 0 Å². The van der Waals surface area contributed by atoms with E-state index >= 15 is 0 Å². The number of amides is 1. The van der Waals surface area contributed by atoms with Crippen LogP contribution in [0.3, 0.4) is 0 Å². The quantitative estimate of drug-likeness (QED) is 0.500. The molecule has 2 aromatic carbocycles. The Balaban J connectivity index is 2.35. The Morgan fingerprint density at radius 1 is 1.21 bits per heavy atom.